The van der Waals surface area contributed by atoms with Crippen LogP contribution in [0.5, 0.6) is 17.2 Å². The molecular formula is C14H18N2O5. The van der Waals surface area contributed by atoms with E-state index < -0.39 is 6.03 Å². The topological polar surface area (TPSA) is 77.1 Å². The van der Waals surface area contributed by atoms with E-state index in [1.165, 1.54) is 26.2 Å². The predicted molar refractivity (Wildman–Crippen MR) is 76.1 cm³/mol. The van der Waals surface area contributed by atoms with Crippen LogP contribution in [0.1, 0.15) is 6.92 Å². The molecule has 1 fully saturated rings. The summed E-state index contributed by atoms with van der Waals surface area (Å²) in [5.74, 6) is 0.782. The molecule has 1 saturated heterocycles. The molecule has 1 aromatic rings. The van der Waals surface area contributed by atoms with Gasteiger partial charge in [0.15, 0.2) is 11.5 Å². The maximum atomic E-state index is 12.0. The van der Waals surface area contributed by atoms with Crippen LogP contribution in [0.4, 0.5) is 10.5 Å². The first-order chi connectivity index (χ1) is 10.0. The average molecular weight is 294 g/mol. The molecule has 1 unspecified atom stereocenters. The molecule has 7 nitrogen and oxygen atoms in total. The van der Waals surface area contributed by atoms with Gasteiger partial charge in [-0.05, 0) is 0 Å². The Balaban J connectivity index is 2.44. The molecule has 0 bridgehead atoms. The highest BCUT2D eigenvalue weighted by atomic mass is 16.5. The highest BCUT2D eigenvalue weighted by Crippen LogP contribution is 2.41. The first kappa shape index (κ1) is 15.0. The molecule has 1 aliphatic heterocycles. The monoisotopic (exact) mass is 294 g/mol. The molecule has 2 rings (SSSR count). The third kappa shape index (κ3) is 2.72. The van der Waals surface area contributed by atoms with Crippen molar-refractivity contribution in [1.29, 1.82) is 0 Å². The number of imide groups is 1. The number of ether oxygens (including phenoxy) is 3. The number of anilines is 1. The van der Waals surface area contributed by atoms with Crippen LogP contribution in [0.15, 0.2) is 12.1 Å². The van der Waals surface area contributed by atoms with Crippen molar-refractivity contribution in [2.75, 3.05) is 32.8 Å². The molecule has 1 N–H and O–H groups in total. The van der Waals surface area contributed by atoms with Crippen LogP contribution in [-0.2, 0) is 4.79 Å². The standard InChI is InChI=1S/C14H18N2O5/c1-8-7-16(14(18)15-13(8)17)9-5-10(19-2)12(21-4)11(6-9)20-3/h5-6,8H,7H2,1-4H3,(H,15,17,18). The van der Waals surface area contributed by atoms with E-state index in [4.69, 9.17) is 14.2 Å². The number of amides is 3. The third-order valence-electron chi connectivity index (χ3n) is 3.34. The summed E-state index contributed by atoms with van der Waals surface area (Å²) in [6, 6.07) is 2.87. The maximum absolute atomic E-state index is 12.0. The van der Waals surface area contributed by atoms with E-state index in [-0.39, 0.29) is 11.8 Å². The molecule has 1 aromatic carbocycles. The van der Waals surface area contributed by atoms with Gasteiger partial charge in [0.05, 0.1) is 32.9 Å². The summed E-state index contributed by atoms with van der Waals surface area (Å²) in [5.41, 5.74) is 0.571. The molecule has 0 spiro atoms. The summed E-state index contributed by atoms with van der Waals surface area (Å²) >= 11 is 0. The first-order valence-corrected chi connectivity index (χ1v) is 6.44. The lowest BCUT2D eigenvalue weighted by atomic mass is 10.1. The van der Waals surface area contributed by atoms with Crippen molar-refractivity contribution in [3.05, 3.63) is 12.1 Å². The van der Waals surface area contributed by atoms with Crippen LogP contribution in [0.2, 0.25) is 0 Å². The van der Waals surface area contributed by atoms with Crippen LogP contribution in [0.3, 0.4) is 0 Å². The van der Waals surface area contributed by atoms with Gasteiger partial charge in [-0.2, -0.15) is 0 Å². The second kappa shape index (κ2) is 5.90. The number of carbonyl (C=O) groups is 2. The van der Waals surface area contributed by atoms with E-state index in [1.54, 1.807) is 19.1 Å². The SMILES string of the molecule is COc1cc(N2CC(C)C(=O)NC2=O)cc(OC)c1OC. The Morgan fingerprint density at radius 2 is 1.67 bits per heavy atom. The molecular weight excluding hydrogens is 276 g/mol. The van der Waals surface area contributed by atoms with Gasteiger partial charge in [0.25, 0.3) is 0 Å². The van der Waals surface area contributed by atoms with Crippen molar-refractivity contribution in [2.24, 2.45) is 5.92 Å². The minimum absolute atomic E-state index is 0.274. The predicted octanol–water partition coefficient (Wildman–Crippen LogP) is 1.40. The van der Waals surface area contributed by atoms with E-state index in [0.29, 0.717) is 29.5 Å². The Morgan fingerprint density at radius 3 is 2.14 bits per heavy atom. The second-order valence-corrected chi connectivity index (χ2v) is 4.69. The fourth-order valence-electron chi connectivity index (χ4n) is 2.18. The summed E-state index contributed by atoms with van der Waals surface area (Å²) in [6.45, 7) is 2.05. The maximum Gasteiger partial charge on any atom is 0.328 e. The van der Waals surface area contributed by atoms with Gasteiger partial charge in [0, 0.05) is 18.7 Å². The molecule has 21 heavy (non-hydrogen) atoms. The normalized spacial score (nSPS) is 18.3. The minimum Gasteiger partial charge on any atom is -0.493 e. The summed E-state index contributed by atoms with van der Waals surface area (Å²) in [5, 5.41) is 2.32. The minimum atomic E-state index is -0.465. The van der Waals surface area contributed by atoms with E-state index in [0.717, 1.165) is 0 Å². The van der Waals surface area contributed by atoms with Crippen LogP contribution in [0.25, 0.3) is 0 Å². The number of hydrogen-bond donors (Lipinski definition) is 1. The fourth-order valence-corrected chi connectivity index (χ4v) is 2.18. The van der Waals surface area contributed by atoms with Gasteiger partial charge in [0.2, 0.25) is 11.7 Å². The molecule has 3 amide bonds. The Morgan fingerprint density at radius 1 is 1.10 bits per heavy atom. The molecule has 1 heterocycles. The van der Waals surface area contributed by atoms with Crippen molar-refractivity contribution in [2.45, 2.75) is 6.92 Å². The average Bonchev–Trinajstić information content (AvgIpc) is 2.49. The van der Waals surface area contributed by atoms with E-state index in [9.17, 15) is 9.59 Å². The summed E-state index contributed by atoms with van der Waals surface area (Å²) < 4.78 is 15.8. The van der Waals surface area contributed by atoms with Crippen molar-refractivity contribution in [3.63, 3.8) is 0 Å². The Hall–Kier alpha value is -2.44. The van der Waals surface area contributed by atoms with Crippen LogP contribution in [0, 0.1) is 5.92 Å². The molecule has 7 heteroatoms. The van der Waals surface area contributed by atoms with Gasteiger partial charge in [-0.25, -0.2) is 4.79 Å². The quantitative estimate of drug-likeness (QED) is 0.908. The molecule has 0 saturated carbocycles. The molecule has 1 aliphatic rings. The second-order valence-electron chi connectivity index (χ2n) is 4.69. The number of benzene rings is 1. The largest absolute Gasteiger partial charge is 0.493 e. The fraction of sp³-hybridized carbons (Fsp3) is 0.429. The van der Waals surface area contributed by atoms with Crippen molar-refractivity contribution in [3.8, 4) is 17.2 Å². The molecule has 0 radical (unpaired) electrons. The highest BCUT2D eigenvalue weighted by molar-refractivity contribution is 6.06. The zero-order chi connectivity index (χ0) is 15.6. The molecule has 114 valence electrons. The van der Waals surface area contributed by atoms with Crippen molar-refractivity contribution < 1.29 is 23.8 Å². The first-order valence-electron chi connectivity index (χ1n) is 6.44. The van der Waals surface area contributed by atoms with Crippen LogP contribution >= 0.6 is 0 Å². The highest BCUT2D eigenvalue weighted by Gasteiger charge is 2.31. The van der Waals surface area contributed by atoms with Gasteiger partial charge in [0.1, 0.15) is 0 Å². The van der Waals surface area contributed by atoms with Gasteiger partial charge in [-0.15, -0.1) is 0 Å². The zero-order valence-corrected chi connectivity index (χ0v) is 12.4. The van der Waals surface area contributed by atoms with Gasteiger partial charge < -0.3 is 14.2 Å². The lowest BCUT2D eigenvalue weighted by Gasteiger charge is -2.31. The summed E-state index contributed by atoms with van der Waals surface area (Å²) in [4.78, 5) is 25.0. The number of nitrogens with one attached hydrogen (secondary N) is 1. The van der Waals surface area contributed by atoms with Gasteiger partial charge in [-0.3, -0.25) is 15.0 Å². The number of urea groups is 1. The van der Waals surface area contributed by atoms with Gasteiger partial charge in [-0.1, -0.05) is 6.92 Å². The van der Waals surface area contributed by atoms with Crippen molar-refractivity contribution >= 4 is 17.6 Å². The number of nitrogens with zero attached hydrogens (tertiary/aromatic N) is 1. The van der Waals surface area contributed by atoms with E-state index in [2.05, 4.69) is 5.32 Å². The molecule has 1 atom stereocenters. The van der Waals surface area contributed by atoms with Crippen LogP contribution < -0.4 is 24.4 Å². The number of carbonyl (C=O) groups excluding carboxylic acids is 2. The van der Waals surface area contributed by atoms with Gasteiger partial charge >= 0.3 is 6.03 Å². The number of rotatable bonds is 4. The third-order valence-corrected chi connectivity index (χ3v) is 3.34. The number of hydrogen-bond acceptors (Lipinski definition) is 5. The van der Waals surface area contributed by atoms with Crippen molar-refractivity contribution in [1.82, 2.24) is 5.32 Å². The Labute approximate surface area is 122 Å². The summed E-state index contributed by atoms with van der Waals surface area (Å²) in [6.07, 6.45) is 0. The molecule has 0 aromatic heterocycles. The molecule has 0 aliphatic carbocycles. The summed E-state index contributed by atoms with van der Waals surface area (Å²) in [7, 11) is 4.52. The smallest absolute Gasteiger partial charge is 0.328 e. The Kier molecular flexibility index (Phi) is 4.21. The van der Waals surface area contributed by atoms with Crippen LogP contribution in [-0.4, -0.2) is 39.8 Å². The zero-order valence-electron chi connectivity index (χ0n) is 12.4. The van der Waals surface area contributed by atoms with E-state index in [1.807, 2.05) is 0 Å². The lowest BCUT2D eigenvalue weighted by Crippen LogP contribution is -2.53. The Bertz CT molecular complexity index is 547. The van der Waals surface area contributed by atoms with E-state index >= 15 is 0 Å². The lowest BCUT2D eigenvalue weighted by molar-refractivity contribution is -0.123. The number of methoxy groups -OCH3 is 3.